The number of nitrogens with one attached hydrogen (secondary N) is 1. The van der Waals surface area contributed by atoms with Gasteiger partial charge in [-0.05, 0) is 49.7 Å². The Kier molecular flexibility index (Phi) is 3.78. The largest absolute Gasteiger partial charge is 0.413 e. The Balaban J connectivity index is 2.63. The number of ether oxygens (including phenoxy) is 1. The second-order valence-electron chi connectivity index (χ2n) is 4.26. The second-order valence-corrected chi connectivity index (χ2v) is 6.83. The maximum atomic E-state index is 11.4. The van der Waals surface area contributed by atoms with Gasteiger partial charge >= 0.3 is 6.09 Å². The minimum Gasteiger partial charge on any atom is -0.408 e. The molecule has 1 heterocycles. The van der Waals surface area contributed by atoms with E-state index >= 15 is 0 Å². The number of aryl methyl sites for hydroxylation is 1. The molecule has 0 aliphatic carbocycles. The van der Waals surface area contributed by atoms with Crippen LogP contribution in [0.3, 0.4) is 0 Å². The Morgan fingerprint density at radius 1 is 1.53 bits per heavy atom. The molecule has 1 aromatic rings. The number of carbonyl (C=O) groups is 1. The molecule has 15 heavy (non-hydrogen) atoms. The van der Waals surface area contributed by atoms with E-state index in [0.29, 0.717) is 5.75 Å². The SMILES string of the molecule is Cc1cc(OC(=O)NC(C)(C)C)c(Br)s1. The molecule has 1 aromatic heterocycles. The lowest BCUT2D eigenvalue weighted by molar-refractivity contribution is 0.190. The molecule has 0 fully saturated rings. The molecule has 0 saturated heterocycles. The van der Waals surface area contributed by atoms with Gasteiger partial charge in [-0.3, -0.25) is 0 Å². The number of hydrogen-bond donors (Lipinski definition) is 1. The van der Waals surface area contributed by atoms with Gasteiger partial charge in [0.25, 0.3) is 0 Å². The van der Waals surface area contributed by atoms with E-state index in [4.69, 9.17) is 4.74 Å². The zero-order valence-electron chi connectivity index (χ0n) is 9.18. The van der Waals surface area contributed by atoms with Crippen molar-refractivity contribution in [2.24, 2.45) is 0 Å². The average Bonchev–Trinajstić information content (AvgIpc) is 2.25. The highest BCUT2D eigenvalue weighted by Crippen LogP contribution is 2.34. The number of thiophene rings is 1. The summed E-state index contributed by atoms with van der Waals surface area (Å²) in [4.78, 5) is 12.5. The number of hydrogen-bond acceptors (Lipinski definition) is 3. The van der Waals surface area contributed by atoms with Gasteiger partial charge in [0.05, 0.1) is 0 Å². The van der Waals surface area contributed by atoms with E-state index in [2.05, 4.69) is 21.2 Å². The molecule has 3 nitrogen and oxygen atoms in total. The summed E-state index contributed by atoms with van der Waals surface area (Å²) in [5.41, 5.74) is -0.283. The number of carbonyl (C=O) groups excluding carboxylic acids is 1. The van der Waals surface area contributed by atoms with E-state index in [1.54, 1.807) is 11.3 Å². The highest BCUT2D eigenvalue weighted by Gasteiger charge is 2.17. The Morgan fingerprint density at radius 3 is 2.53 bits per heavy atom. The van der Waals surface area contributed by atoms with Crippen molar-refractivity contribution in [2.75, 3.05) is 0 Å². The Labute approximate surface area is 102 Å². The smallest absolute Gasteiger partial charge is 0.408 e. The third kappa shape index (κ3) is 4.22. The molecule has 1 amide bonds. The van der Waals surface area contributed by atoms with Gasteiger partial charge in [0.1, 0.15) is 3.79 Å². The molecule has 1 rings (SSSR count). The molecule has 0 bridgehead atoms. The molecule has 0 aromatic carbocycles. The first kappa shape index (κ1) is 12.5. The van der Waals surface area contributed by atoms with Crippen LogP contribution in [0.25, 0.3) is 0 Å². The van der Waals surface area contributed by atoms with Crippen molar-refractivity contribution in [3.63, 3.8) is 0 Å². The predicted octanol–water partition coefficient (Wildman–Crippen LogP) is 3.71. The second kappa shape index (κ2) is 4.53. The van der Waals surface area contributed by atoms with Crippen molar-refractivity contribution in [3.05, 3.63) is 14.7 Å². The third-order valence-electron chi connectivity index (χ3n) is 1.46. The molecule has 0 aliphatic heterocycles. The van der Waals surface area contributed by atoms with Crippen molar-refractivity contribution < 1.29 is 9.53 Å². The van der Waals surface area contributed by atoms with Crippen LogP contribution < -0.4 is 10.1 Å². The van der Waals surface area contributed by atoms with Crippen LogP contribution in [0.1, 0.15) is 25.6 Å². The molecule has 0 saturated carbocycles. The molecule has 5 heteroatoms. The molecule has 0 spiro atoms. The van der Waals surface area contributed by atoms with Gasteiger partial charge in [-0.25, -0.2) is 4.79 Å². The van der Waals surface area contributed by atoms with Crippen LogP contribution in [0.2, 0.25) is 0 Å². The minimum absolute atomic E-state index is 0.283. The van der Waals surface area contributed by atoms with Gasteiger partial charge in [-0.2, -0.15) is 0 Å². The van der Waals surface area contributed by atoms with Crippen molar-refractivity contribution in [1.29, 1.82) is 0 Å². The summed E-state index contributed by atoms with van der Waals surface area (Å²) in [5, 5.41) is 2.73. The van der Waals surface area contributed by atoms with E-state index < -0.39 is 6.09 Å². The van der Waals surface area contributed by atoms with Crippen LogP contribution >= 0.6 is 27.3 Å². The molecule has 0 unspecified atom stereocenters. The monoisotopic (exact) mass is 291 g/mol. The Bertz CT molecular complexity index is 368. The summed E-state index contributed by atoms with van der Waals surface area (Å²) in [7, 11) is 0. The number of halogens is 1. The molecule has 0 aliphatic rings. The fraction of sp³-hybridized carbons (Fsp3) is 0.500. The summed E-state index contributed by atoms with van der Waals surface area (Å²) in [6.07, 6.45) is -0.430. The van der Waals surface area contributed by atoms with Crippen molar-refractivity contribution >= 4 is 33.4 Å². The normalized spacial score (nSPS) is 11.3. The summed E-state index contributed by atoms with van der Waals surface area (Å²) in [5.74, 6) is 0.569. The zero-order valence-corrected chi connectivity index (χ0v) is 11.6. The molecule has 0 radical (unpaired) electrons. The van der Waals surface area contributed by atoms with E-state index in [9.17, 15) is 4.79 Å². The van der Waals surface area contributed by atoms with E-state index in [1.165, 1.54) is 0 Å². The first-order valence-corrected chi connectivity index (χ1v) is 6.15. The summed E-state index contributed by atoms with van der Waals surface area (Å²) in [6, 6.07) is 1.83. The zero-order chi connectivity index (χ0) is 11.6. The fourth-order valence-corrected chi connectivity index (χ4v) is 2.57. The van der Waals surface area contributed by atoms with Crippen molar-refractivity contribution in [3.8, 4) is 5.75 Å². The predicted molar refractivity (Wildman–Crippen MR) is 65.7 cm³/mol. The number of rotatable bonds is 1. The van der Waals surface area contributed by atoms with E-state index in [-0.39, 0.29) is 5.54 Å². The van der Waals surface area contributed by atoms with Gasteiger partial charge in [0, 0.05) is 10.4 Å². The molecular formula is C10H14BrNO2S. The van der Waals surface area contributed by atoms with Crippen LogP contribution in [0.4, 0.5) is 4.79 Å². The van der Waals surface area contributed by atoms with E-state index in [0.717, 1.165) is 8.66 Å². The van der Waals surface area contributed by atoms with Gasteiger partial charge in [-0.15, -0.1) is 11.3 Å². The first-order chi connectivity index (χ1) is 6.78. The highest BCUT2D eigenvalue weighted by molar-refractivity contribution is 9.11. The van der Waals surface area contributed by atoms with Crippen LogP contribution in [0.15, 0.2) is 9.85 Å². The standard InChI is InChI=1S/C10H14BrNO2S/c1-6-5-7(8(11)15-6)14-9(13)12-10(2,3)4/h5H,1-4H3,(H,12,13). The average molecular weight is 292 g/mol. The molecule has 84 valence electrons. The quantitative estimate of drug-likeness (QED) is 0.857. The number of amides is 1. The van der Waals surface area contributed by atoms with Crippen molar-refractivity contribution in [1.82, 2.24) is 5.32 Å². The fourth-order valence-electron chi connectivity index (χ4n) is 0.964. The molecular weight excluding hydrogens is 278 g/mol. The lowest BCUT2D eigenvalue weighted by Crippen LogP contribution is -2.42. The van der Waals surface area contributed by atoms with E-state index in [1.807, 2.05) is 33.8 Å². The topological polar surface area (TPSA) is 38.3 Å². The summed E-state index contributed by atoms with van der Waals surface area (Å²) >= 11 is 4.88. The summed E-state index contributed by atoms with van der Waals surface area (Å²) in [6.45, 7) is 7.68. The minimum atomic E-state index is -0.430. The van der Waals surface area contributed by atoms with Crippen LogP contribution in [0, 0.1) is 6.92 Å². The highest BCUT2D eigenvalue weighted by atomic mass is 79.9. The van der Waals surface area contributed by atoms with Gasteiger partial charge in [-0.1, -0.05) is 0 Å². The van der Waals surface area contributed by atoms with Crippen LogP contribution in [-0.4, -0.2) is 11.6 Å². The van der Waals surface area contributed by atoms with Gasteiger partial charge < -0.3 is 10.1 Å². The molecule has 0 atom stereocenters. The summed E-state index contributed by atoms with van der Waals surface area (Å²) < 4.78 is 5.99. The lowest BCUT2D eigenvalue weighted by Gasteiger charge is -2.19. The Morgan fingerprint density at radius 2 is 2.13 bits per heavy atom. The van der Waals surface area contributed by atoms with Gasteiger partial charge in [0.15, 0.2) is 5.75 Å². The maximum Gasteiger partial charge on any atom is 0.413 e. The van der Waals surface area contributed by atoms with Crippen LogP contribution in [0.5, 0.6) is 5.75 Å². The lowest BCUT2D eigenvalue weighted by atomic mass is 10.1. The molecule has 1 N–H and O–H groups in total. The first-order valence-electron chi connectivity index (χ1n) is 4.54. The van der Waals surface area contributed by atoms with Crippen LogP contribution in [-0.2, 0) is 0 Å². The van der Waals surface area contributed by atoms with Gasteiger partial charge in [0.2, 0.25) is 0 Å². The Hall–Kier alpha value is -0.550. The van der Waals surface area contributed by atoms with Crippen molar-refractivity contribution in [2.45, 2.75) is 33.2 Å². The third-order valence-corrected chi connectivity index (χ3v) is 3.16. The maximum absolute atomic E-state index is 11.4.